The fraction of sp³-hybridized carbons (Fsp3) is 0.536. The summed E-state index contributed by atoms with van der Waals surface area (Å²) in [7, 11) is 0. The van der Waals surface area contributed by atoms with E-state index in [1.807, 2.05) is 19.9 Å². The minimum absolute atomic E-state index is 0.0255. The number of carbonyl (C=O) groups excluding carboxylic acids is 3. The average molecular weight is 574 g/mol. The zero-order valence-electron chi connectivity index (χ0n) is 23.7. The lowest BCUT2D eigenvalue weighted by molar-refractivity contribution is -0.125. The minimum atomic E-state index is -0.963. The average Bonchev–Trinajstić information content (AvgIpc) is 3.49. The highest BCUT2D eigenvalue weighted by molar-refractivity contribution is 5.92. The number of anilines is 1. The molecule has 4 rings (SSSR count). The van der Waals surface area contributed by atoms with Crippen molar-refractivity contribution < 1.29 is 38.9 Å². The number of hydrogen-bond donors (Lipinski definition) is 6. The summed E-state index contributed by atoms with van der Waals surface area (Å²) in [6, 6.07) is 6.54. The monoisotopic (exact) mass is 573 g/mol. The molecule has 41 heavy (non-hydrogen) atoms. The van der Waals surface area contributed by atoms with Gasteiger partial charge in [0.05, 0.1) is 5.56 Å². The molecule has 2 aliphatic carbocycles. The summed E-state index contributed by atoms with van der Waals surface area (Å²) in [6.45, 7) is 7.31. The van der Waals surface area contributed by atoms with Crippen molar-refractivity contribution in [2.75, 3.05) is 5.32 Å². The molecule has 2 fully saturated rings. The maximum Gasteiger partial charge on any atom is 0.407 e. The molecule has 0 unspecified atom stereocenters. The third kappa shape index (κ3) is 9.40. The number of nitrogens with one attached hydrogen (secondary N) is 4. The molecule has 224 valence electrons. The molecule has 0 spiro atoms. The second-order valence-electron chi connectivity index (χ2n) is 10.9. The molecule has 2 aromatic rings. The molecule has 13 heteroatoms. The van der Waals surface area contributed by atoms with Gasteiger partial charge in [-0.15, -0.1) is 0 Å². The zero-order valence-corrected chi connectivity index (χ0v) is 23.7. The second-order valence-corrected chi connectivity index (χ2v) is 10.9. The van der Waals surface area contributed by atoms with Crippen LogP contribution in [0.15, 0.2) is 24.3 Å². The predicted molar refractivity (Wildman–Crippen MR) is 149 cm³/mol. The highest BCUT2D eigenvalue weighted by atomic mass is 16.6. The Hall–Kier alpha value is -4.29. The molecule has 1 aromatic carbocycles. The molecule has 0 bridgehead atoms. The normalized spacial score (nSPS) is 21.2. The van der Waals surface area contributed by atoms with E-state index in [9.17, 15) is 24.3 Å². The zero-order chi connectivity index (χ0) is 30.1. The van der Waals surface area contributed by atoms with Crippen molar-refractivity contribution in [1.82, 2.24) is 20.8 Å². The van der Waals surface area contributed by atoms with Gasteiger partial charge in [-0.3, -0.25) is 14.7 Å². The molecule has 1 aromatic heterocycles. The maximum absolute atomic E-state index is 12.6. The first-order valence-electron chi connectivity index (χ1n) is 13.7. The number of aromatic hydroxyl groups is 1. The number of carboxylic acid groups (broad SMARTS) is 1. The first kappa shape index (κ1) is 31.2. The first-order valence-corrected chi connectivity index (χ1v) is 13.7. The molecule has 6 N–H and O–H groups in total. The molecule has 2 saturated carbocycles. The van der Waals surface area contributed by atoms with Crippen LogP contribution in [-0.2, 0) is 9.53 Å². The van der Waals surface area contributed by atoms with Crippen LogP contribution in [0, 0.1) is 5.92 Å². The highest BCUT2D eigenvalue weighted by Gasteiger charge is 2.37. The number of amides is 3. The van der Waals surface area contributed by atoms with Crippen molar-refractivity contribution in [3.05, 3.63) is 35.5 Å². The van der Waals surface area contributed by atoms with Crippen LogP contribution in [0.1, 0.15) is 81.8 Å². The van der Waals surface area contributed by atoms with E-state index in [-0.39, 0.29) is 53.3 Å². The third-order valence-corrected chi connectivity index (χ3v) is 6.69. The van der Waals surface area contributed by atoms with Crippen LogP contribution in [0.4, 0.5) is 15.4 Å². The topological polar surface area (TPSA) is 192 Å². The number of phenolic OH excluding ortho intramolecular Hbond substituents is 1. The number of carbonyl (C=O) groups is 4. The molecule has 13 nitrogen and oxygen atoms in total. The van der Waals surface area contributed by atoms with Gasteiger partial charge in [-0.05, 0) is 71.9 Å². The summed E-state index contributed by atoms with van der Waals surface area (Å²) in [5, 5.41) is 32.7. The summed E-state index contributed by atoms with van der Waals surface area (Å²) in [5.74, 6) is 0.479. The lowest BCUT2D eigenvalue weighted by Gasteiger charge is -2.34. The van der Waals surface area contributed by atoms with Crippen LogP contribution in [0.25, 0.3) is 0 Å². The van der Waals surface area contributed by atoms with Gasteiger partial charge in [-0.1, -0.05) is 6.07 Å². The van der Waals surface area contributed by atoms with Crippen molar-refractivity contribution in [1.29, 1.82) is 0 Å². The lowest BCUT2D eigenvalue weighted by atomic mass is 9.81. The quantitative estimate of drug-likeness (QED) is 0.239. The Balaban J connectivity index is 0.000000587. The van der Waals surface area contributed by atoms with Crippen LogP contribution in [-0.4, -0.2) is 69.1 Å². The summed E-state index contributed by atoms with van der Waals surface area (Å²) >= 11 is 0. The highest BCUT2D eigenvalue weighted by Crippen LogP contribution is 2.37. The number of aromatic nitrogens is 2. The van der Waals surface area contributed by atoms with E-state index in [4.69, 9.17) is 14.6 Å². The Morgan fingerprint density at radius 2 is 1.76 bits per heavy atom. The Labute approximate surface area is 238 Å². The number of aldehydes is 1. The Kier molecular flexibility index (Phi) is 11.0. The molecular formula is C28H39N5O8. The summed E-state index contributed by atoms with van der Waals surface area (Å²) in [4.78, 5) is 45.3. The van der Waals surface area contributed by atoms with Gasteiger partial charge < -0.3 is 35.6 Å². The fourth-order valence-electron chi connectivity index (χ4n) is 4.64. The number of H-pyrrole nitrogens is 1. The number of nitrogens with zero attached hydrogens (tertiary/aromatic N) is 1. The number of ether oxygens (including phenoxy) is 2. The van der Waals surface area contributed by atoms with Crippen molar-refractivity contribution >= 4 is 30.2 Å². The van der Waals surface area contributed by atoms with Gasteiger partial charge in [0, 0.05) is 35.7 Å². The molecule has 2 aliphatic rings. The van der Waals surface area contributed by atoms with E-state index in [1.54, 1.807) is 26.0 Å². The van der Waals surface area contributed by atoms with E-state index in [2.05, 4.69) is 26.1 Å². The number of rotatable bonds is 9. The number of hydrogen-bond acceptors (Lipinski definition) is 8. The van der Waals surface area contributed by atoms with Gasteiger partial charge in [0.25, 0.3) is 0 Å². The smallest absolute Gasteiger partial charge is 0.407 e. The van der Waals surface area contributed by atoms with Gasteiger partial charge in [0.2, 0.25) is 5.91 Å². The van der Waals surface area contributed by atoms with E-state index in [1.165, 1.54) is 6.07 Å². The standard InChI is InChI=1S/C24H30N4O6.C4H9NO2/c1-13(2)25-24(32)34-16-7-6-14(8-16)19-11-22(28-27-19)26-23(31)15-9-17(10-15)33-21-5-3-4-20(30)18(21)12-29;1-3(2)5-4(6)7/h3-5,11-17,30H,6-10H2,1-2H3,(H,25,32)(H2,26,27,28,31);3,5H,1-2H3,(H,6,7)/t14-,15?,16+,17?;/m0./s1. The van der Waals surface area contributed by atoms with E-state index < -0.39 is 12.2 Å². The fourth-order valence-corrected chi connectivity index (χ4v) is 4.64. The number of benzene rings is 1. The SMILES string of the molecule is CC(C)NC(=O)O.CC(C)NC(=O)O[C@@H]1CC[C@H](c2cc(NC(=O)C3CC(Oc4cccc(O)c4C=O)C3)n[nH]2)C1. The maximum atomic E-state index is 12.6. The van der Waals surface area contributed by atoms with E-state index >= 15 is 0 Å². The Bertz CT molecular complexity index is 1210. The van der Waals surface area contributed by atoms with Crippen LogP contribution in [0.2, 0.25) is 0 Å². The summed E-state index contributed by atoms with van der Waals surface area (Å²) < 4.78 is 11.3. The lowest BCUT2D eigenvalue weighted by Crippen LogP contribution is -2.41. The first-order chi connectivity index (χ1) is 19.4. The number of aromatic amines is 1. The number of phenols is 1. The molecule has 2 atom stereocenters. The molecule has 3 amide bonds. The van der Waals surface area contributed by atoms with Crippen molar-refractivity contribution in [2.24, 2.45) is 5.92 Å². The van der Waals surface area contributed by atoms with Gasteiger partial charge in [-0.2, -0.15) is 5.10 Å². The van der Waals surface area contributed by atoms with Crippen molar-refractivity contribution in [3.8, 4) is 11.5 Å². The summed E-state index contributed by atoms with van der Waals surface area (Å²) in [6.07, 6.45) is 2.25. The van der Waals surface area contributed by atoms with Gasteiger partial charge in [-0.25, -0.2) is 9.59 Å². The van der Waals surface area contributed by atoms with Gasteiger partial charge in [0.15, 0.2) is 12.1 Å². The van der Waals surface area contributed by atoms with E-state index in [0.717, 1.165) is 18.5 Å². The summed E-state index contributed by atoms with van der Waals surface area (Å²) in [5.41, 5.74) is 1.02. The molecule has 0 saturated heterocycles. The third-order valence-electron chi connectivity index (χ3n) is 6.69. The van der Waals surface area contributed by atoms with E-state index in [0.29, 0.717) is 37.1 Å². The predicted octanol–water partition coefficient (Wildman–Crippen LogP) is 4.16. The van der Waals surface area contributed by atoms with Crippen LogP contribution in [0.3, 0.4) is 0 Å². The van der Waals surface area contributed by atoms with Crippen LogP contribution in [0.5, 0.6) is 11.5 Å². The second kappa shape index (κ2) is 14.4. The minimum Gasteiger partial charge on any atom is -0.507 e. The Morgan fingerprint density at radius 1 is 1.05 bits per heavy atom. The van der Waals surface area contributed by atoms with Crippen molar-refractivity contribution in [3.63, 3.8) is 0 Å². The molecule has 1 heterocycles. The number of alkyl carbamates (subject to hydrolysis) is 1. The van der Waals surface area contributed by atoms with Crippen LogP contribution < -0.4 is 20.7 Å². The Morgan fingerprint density at radius 3 is 2.37 bits per heavy atom. The molecular weight excluding hydrogens is 534 g/mol. The largest absolute Gasteiger partial charge is 0.507 e. The van der Waals surface area contributed by atoms with Gasteiger partial charge in [0.1, 0.15) is 23.7 Å². The van der Waals surface area contributed by atoms with Crippen molar-refractivity contribution in [2.45, 2.75) is 90.0 Å². The van der Waals surface area contributed by atoms with Gasteiger partial charge >= 0.3 is 12.2 Å². The molecule has 0 radical (unpaired) electrons. The van der Waals surface area contributed by atoms with Crippen LogP contribution >= 0.6 is 0 Å². The molecule has 0 aliphatic heterocycles.